The molecule has 0 radical (unpaired) electrons. The van der Waals surface area contributed by atoms with E-state index in [-0.39, 0.29) is 23.4 Å². The van der Waals surface area contributed by atoms with Crippen molar-refractivity contribution in [2.45, 2.75) is 32.0 Å². The van der Waals surface area contributed by atoms with Crippen LogP contribution in [0.3, 0.4) is 0 Å². The fourth-order valence-electron chi connectivity index (χ4n) is 2.07. The number of nitrogens with zero attached hydrogens (tertiary/aromatic N) is 1. The maximum absolute atomic E-state index is 12.3. The van der Waals surface area contributed by atoms with Gasteiger partial charge in [-0.25, -0.2) is 0 Å². The minimum atomic E-state index is -4.67. The maximum atomic E-state index is 12.3. The predicted octanol–water partition coefficient (Wildman–Crippen LogP) is 2.67. The molecule has 1 aromatic rings. The van der Waals surface area contributed by atoms with Gasteiger partial charge in [0.25, 0.3) is 5.91 Å². The molecule has 3 N–H and O–H groups in total. The Balaban J connectivity index is 3.31. The van der Waals surface area contributed by atoms with Crippen LogP contribution in [0.2, 0.25) is 5.02 Å². The average molecular weight is 351 g/mol. The lowest BCUT2D eigenvalue weighted by molar-refractivity contribution is -0.385. The van der Waals surface area contributed by atoms with E-state index in [1.54, 1.807) is 0 Å². The second-order valence-corrected chi connectivity index (χ2v) is 6.98. The minimum absolute atomic E-state index is 0.0338. The first-order valence-electron chi connectivity index (χ1n) is 6.40. The van der Waals surface area contributed by atoms with Crippen molar-refractivity contribution in [2.75, 3.05) is 0 Å². The SMILES string of the molecule is CCC(CC)(NC(=O)c1cccc(Cl)c1[N+](=O)[O-])P(=O)(O)O. The Kier molecular flexibility index (Phi) is 5.70. The molecule has 0 aromatic heterocycles. The molecule has 122 valence electrons. The van der Waals surface area contributed by atoms with E-state index < -0.39 is 29.4 Å². The molecule has 8 nitrogen and oxygen atoms in total. The van der Waals surface area contributed by atoms with Crippen molar-refractivity contribution in [3.05, 3.63) is 38.9 Å². The van der Waals surface area contributed by atoms with Gasteiger partial charge in [-0.05, 0) is 25.0 Å². The van der Waals surface area contributed by atoms with Gasteiger partial charge in [0.05, 0.1) is 4.92 Å². The highest BCUT2D eigenvalue weighted by Gasteiger charge is 2.45. The molecule has 0 saturated heterocycles. The third-order valence-electron chi connectivity index (χ3n) is 3.49. The van der Waals surface area contributed by atoms with Gasteiger partial charge in [0.15, 0.2) is 0 Å². The molecule has 1 rings (SSSR count). The number of nitrogens with one attached hydrogen (secondary N) is 1. The highest BCUT2D eigenvalue weighted by Crippen LogP contribution is 2.52. The van der Waals surface area contributed by atoms with Crippen LogP contribution in [-0.2, 0) is 4.57 Å². The van der Waals surface area contributed by atoms with Gasteiger partial charge in [-0.3, -0.25) is 19.5 Å². The first kappa shape index (κ1) is 18.6. The molecule has 1 aromatic carbocycles. The number of carbonyl (C=O) groups is 1. The van der Waals surface area contributed by atoms with Crippen LogP contribution in [0.1, 0.15) is 37.0 Å². The summed E-state index contributed by atoms with van der Waals surface area (Å²) in [6, 6.07) is 3.78. The lowest BCUT2D eigenvalue weighted by atomic mass is 10.1. The van der Waals surface area contributed by atoms with Crippen molar-refractivity contribution in [2.24, 2.45) is 0 Å². The van der Waals surface area contributed by atoms with E-state index in [0.29, 0.717) is 0 Å². The molecule has 0 atom stereocenters. The molecule has 10 heteroatoms. The molecule has 0 aliphatic heterocycles. The van der Waals surface area contributed by atoms with Gasteiger partial charge < -0.3 is 15.1 Å². The molecular formula is C12H16ClN2O6P. The highest BCUT2D eigenvalue weighted by atomic mass is 35.5. The number of hydrogen-bond acceptors (Lipinski definition) is 4. The predicted molar refractivity (Wildman–Crippen MR) is 80.9 cm³/mol. The smallest absolute Gasteiger partial charge is 0.335 e. The second kappa shape index (κ2) is 6.75. The third kappa shape index (κ3) is 3.47. The normalized spacial score (nSPS) is 12.0. The van der Waals surface area contributed by atoms with Crippen molar-refractivity contribution in [1.82, 2.24) is 5.32 Å². The number of hydrogen-bond donors (Lipinski definition) is 3. The molecular weight excluding hydrogens is 335 g/mol. The topological polar surface area (TPSA) is 130 Å². The van der Waals surface area contributed by atoms with Crippen LogP contribution in [0.15, 0.2) is 18.2 Å². The summed E-state index contributed by atoms with van der Waals surface area (Å²) in [7, 11) is -4.67. The Bertz CT molecular complexity index is 641. The number of halogens is 1. The van der Waals surface area contributed by atoms with Crippen molar-refractivity contribution in [3.63, 3.8) is 0 Å². The zero-order valence-corrected chi connectivity index (χ0v) is 13.6. The lowest BCUT2D eigenvalue weighted by Gasteiger charge is -2.33. The number of benzene rings is 1. The van der Waals surface area contributed by atoms with E-state index in [1.807, 2.05) is 0 Å². The first-order chi connectivity index (χ1) is 10.1. The zero-order chi connectivity index (χ0) is 17.1. The maximum Gasteiger partial charge on any atom is 0.350 e. The standard InChI is InChI=1S/C12H16ClN2O6P/c1-3-12(4-2,22(19,20)21)14-11(16)8-6-5-7-9(13)10(8)15(17)18/h5-7H,3-4H2,1-2H3,(H,14,16)(H2,19,20,21). The Morgan fingerprint density at radius 3 is 2.36 bits per heavy atom. The first-order valence-corrected chi connectivity index (χ1v) is 8.39. The summed E-state index contributed by atoms with van der Waals surface area (Å²) in [6.07, 6.45) is -0.0677. The molecule has 0 bridgehead atoms. The summed E-state index contributed by atoms with van der Waals surface area (Å²) in [4.78, 5) is 41.5. The lowest BCUT2D eigenvalue weighted by Crippen LogP contribution is -2.47. The third-order valence-corrected chi connectivity index (χ3v) is 5.65. The molecule has 0 aliphatic rings. The van der Waals surface area contributed by atoms with E-state index in [1.165, 1.54) is 32.0 Å². The van der Waals surface area contributed by atoms with Gasteiger partial charge in [-0.15, -0.1) is 0 Å². The second-order valence-electron chi connectivity index (χ2n) is 4.63. The van der Waals surface area contributed by atoms with Gasteiger partial charge in [-0.2, -0.15) is 0 Å². The fraction of sp³-hybridized carbons (Fsp3) is 0.417. The van der Waals surface area contributed by atoms with Crippen LogP contribution in [0.4, 0.5) is 5.69 Å². The number of carbonyl (C=O) groups excluding carboxylic acids is 1. The van der Waals surface area contributed by atoms with Crippen molar-refractivity contribution in [1.29, 1.82) is 0 Å². The number of nitro groups is 1. The zero-order valence-electron chi connectivity index (χ0n) is 11.9. The van der Waals surface area contributed by atoms with Gasteiger partial charge in [0.2, 0.25) is 0 Å². The van der Waals surface area contributed by atoms with Crippen LogP contribution >= 0.6 is 19.2 Å². The van der Waals surface area contributed by atoms with Crippen LogP contribution < -0.4 is 5.32 Å². The van der Waals surface area contributed by atoms with Gasteiger partial charge in [0.1, 0.15) is 15.9 Å². The number of para-hydroxylation sites is 1. The van der Waals surface area contributed by atoms with E-state index in [9.17, 15) is 29.3 Å². The Hall–Kier alpha value is -1.47. The molecule has 1 amide bonds. The van der Waals surface area contributed by atoms with Crippen molar-refractivity contribution in [3.8, 4) is 0 Å². The molecule has 22 heavy (non-hydrogen) atoms. The number of rotatable bonds is 6. The summed E-state index contributed by atoms with van der Waals surface area (Å²) < 4.78 is 11.7. The summed E-state index contributed by atoms with van der Waals surface area (Å²) in [5.74, 6) is -0.957. The fourth-order valence-corrected chi connectivity index (χ4v) is 3.39. The van der Waals surface area contributed by atoms with Crippen LogP contribution in [0.25, 0.3) is 0 Å². The Morgan fingerprint density at radius 2 is 1.95 bits per heavy atom. The molecule has 0 heterocycles. The highest BCUT2D eigenvalue weighted by molar-refractivity contribution is 7.53. The van der Waals surface area contributed by atoms with E-state index in [0.717, 1.165) is 0 Å². The van der Waals surface area contributed by atoms with Crippen molar-refractivity contribution < 1.29 is 24.1 Å². The van der Waals surface area contributed by atoms with E-state index in [2.05, 4.69) is 5.32 Å². The average Bonchev–Trinajstić information content (AvgIpc) is 2.42. The largest absolute Gasteiger partial charge is 0.350 e. The minimum Gasteiger partial charge on any atom is -0.335 e. The molecule has 0 fully saturated rings. The number of amides is 1. The molecule has 0 unspecified atom stereocenters. The van der Waals surface area contributed by atoms with Gasteiger partial charge >= 0.3 is 13.3 Å². The van der Waals surface area contributed by atoms with Crippen molar-refractivity contribution >= 4 is 30.8 Å². The van der Waals surface area contributed by atoms with Crippen LogP contribution in [0.5, 0.6) is 0 Å². The van der Waals surface area contributed by atoms with E-state index >= 15 is 0 Å². The van der Waals surface area contributed by atoms with Crippen LogP contribution in [0, 0.1) is 10.1 Å². The summed E-state index contributed by atoms with van der Waals surface area (Å²) in [6.45, 7) is 3.02. The van der Waals surface area contributed by atoms with E-state index in [4.69, 9.17) is 11.6 Å². The molecule has 0 spiro atoms. The Labute approximate surface area is 131 Å². The summed E-state index contributed by atoms with van der Waals surface area (Å²) >= 11 is 5.72. The Morgan fingerprint density at radius 1 is 1.41 bits per heavy atom. The molecule has 0 aliphatic carbocycles. The van der Waals surface area contributed by atoms with Gasteiger partial charge in [-0.1, -0.05) is 31.5 Å². The molecule has 0 saturated carbocycles. The monoisotopic (exact) mass is 350 g/mol. The van der Waals surface area contributed by atoms with Gasteiger partial charge in [0, 0.05) is 0 Å². The summed E-state index contributed by atoms with van der Waals surface area (Å²) in [5.41, 5.74) is -0.953. The number of nitro benzene ring substituents is 1. The van der Waals surface area contributed by atoms with Crippen LogP contribution in [-0.4, -0.2) is 25.9 Å². The summed E-state index contributed by atoms with van der Waals surface area (Å²) in [5, 5.41) is 11.3. The quantitative estimate of drug-likeness (QED) is 0.411.